The van der Waals surface area contributed by atoms with Gasteiger partial charge >= 0.3 is 0 Å². The molecule has 0 heterocycles. The van der Waals surface area contributed by atoms with Gasteiger partial charge in [-0.3, -0.25) is 4.79 Å². The van der Waals surface area contributed by atoms with Gasteiger partial charge in [-0.05, 0) is 31.0 Å². The van der Waals surface area contributed by atoms with Crippen LogP contribution in [0.5, 0.6) is 5.75 Å². The molecule has 0 aliphatic carbocycles. The van der Waals surface area contributed by atoms with Crippen LogP contribution in [0.2, 0.25) is 0 Å². The summed E-state index contributed by atoms with van der Waals surface area (Å²) in [5.74, 6) is 1.00. The first-order valence-corrected chi connectivity index (χ1v) is 7.30. The Bertz CT molecular complexity index is 365. The number of amides is 1. The molecule has 0 aliphatic rings. The molecule has 0 spiro atoms. The van der Waals surface area contributed by atoms with Gasteiger partial charge in [0.05, 0.1) is 13.5 Å². The van der Waals surface area contributed by atoms with E-state index in [2.05, 4.69) is 15.9 Å². The van der Waals surface area contributed by atoms with Gasteiger partial charge in [-0.1, -0.05) is 28.1 Å². The molecule has 0 atom stereocenters. The van der Waals surface area contributed by atoms with Gasteiger partial charge in [0.1, 0.15) is 5.75 Å². The highest BCUT2D eigenvalue weighted by Gasteiger charge is 2.11. The molecule has 0 N–H and O–H groups in total. The third kappa shape index (κ3) is 4.69. The summed E-state index contributed by atoms with van der Waals surface area (Å²) in [5, 5.41) is 0.930. The maximum Gasteiger partial charge on any atom is 0.226 e. The van der Waals surface area contributed by atoms with E-state index in [4.69, 9.17) is 4.74 Å². The molecule has 0 unspecified atom stereocenters. The molecule has 0 radical (unpaired) electrons. The lowest BCUT2D eigenvalue weighted by Gasteiger charge is -2.20. The average molecular weight is 314 g/mol. The van der Waals surface area contributed by atoms with Crippen molar-refractivity contribution in [2.45, 2.75) is 19.8 Å². The van der Waals surface area contributed by atoms with Crippen molar-refractivity contribution in [2.75, 3.05) is 25.5 Å². The van der Waals surface area contributed by atoms with Gasteiger partial charge < -0.3 is 9.64 Å². The van der Waals surface area contributed by atoms with Crippen LogP contribution < -0.4 is 4.74 Å². The zero-order chi connectivity index (χ0) is 13.4. The minimum Gasteiger partial charge on any atom is -0.497 e. The fraction of sp³-hybridized carbons (Fsp3) is 0.500. The van der Waals surface area contributed by atoms with Crippen molar-refractivity contribution in [3.8, 4) is 5.75 Å². The predicted molar refractivity (Wildman–Crippen MR) is 77.4 cm³/mol. The monoisotopic (exact) mass is 313 g/mol. The number of carbonyl (C=O) groups is 1. The zero-order valence-electron chi connectivity index (χ0n) is 11.0. The molecule has 0 fully saturated rings. The molecule has 18 heavy (non-hydrogen) atoms. The summed E-state index contributed by atoms with van der Waals surface area (Å²) in [5.41, 5.74) is 1.03. The van der Waals surface area contributed by atoms with Crippen LogP contribution in [0.15, 0.2) is 24.3 Å². The second-order valence-electron chi connectivity index (χ2n) is 4.04. The minimum absolute atomic E-state index is 0.184. The summed E-state index contributed by atoms with van der Waals surface area (Å²) < 4.78 is 5.10. The van der Waals surface area contributed by atoms with E-state index in [1.807, 2.05) is 36.1 Å². The molecule has 3 nitrogen and oxygen atoms in total. The van der Waals surface area contributed by atoms with E-state index in [1.54, 1.807) is 7.11 Å². The summed E-state index contributed by atoms with van der Waals surface area (Å²) in [6, 6.07) is 7.65. The summed E-state index contributed by atoms with van der Waals surface area (Å²) in [6.45, 7) is 3.60. The van der Waals surface area contributed by atoms with Gasteiger partial charge in [-0.15, -0.1) is 0 Å². The Labute approximate surface area is 117 Å². The van der Waals surface area contributed by atoms with Gasteiger partial charge in [0.25, 0.3) is 0 Å². The number of hydrogen-bond acceptors (Lipinski definition) is 2. The van der Waals surface area contributed by atoms with E-state index in [9.17, 15) is 4.79 Å². The molecule has 1 aromatic rings. The van der Waals surface area contributed by atoms with Crippen LogP contribution in [0, 0.1) is 0 Å². The molecular formula is C14H20BrNO2. The second-order valence-corrected chi connectivity index (χ2v) is 4.83. The largest absolute Gasteiger partial charge is 0.497 e. The van der Waals surface area contributed by atoms with Crippen LogP contribution in [-0.4, -0.2) is 36.3 Å². The second kappa shape index (κ2) is 8.14. The van der Waals surface area contributed by atoms with E-state index >= 15 is 0 Å². The maximum atomic E-state index is 12.1. The van der Waals surface area contributed by atoms with Crippen LogP contribution in [0.1, 0.15) is 18.9 Å². The number of alkyl halides is 1. The maximum absolute atomic E-state index is 12.1. The Morgan fingerprint density at radius 3 is 2.50 bits per heavy atom. The number of halogens is 1. The molecular weight excluding hydrogens is 294 g/mol. The highest BCUT2D eigenvalue weighted by atomic mass is 79.9. The number of benzene rings is 1. The smallest absolute Gasteiger partial charge is 0.226 e. The van der Waals surface area contributed by atoms with Crippen molar-refractivity contribution >= 4 is 21.8 Å². The van der Waals surface area contributed by atoms with Crippen LogP contribution in [0.3, 0.4) is 0 Å². The van der Waals surface area contributed by atoms with Gasteiger partial charge in [0.2, 0.25) is 5.91 Å². The quantitative estimate of drug-likeness (QED) is 0.724. The van der Waals surface area contributed by atoms with Crippen LogP contribution in [0.25, 0.3) is 0 Å². The van der Waals surface area contributed by atoms with E-state index in [1.165, 1.54) is 0 Å². The topological polar surface area (TPSA) is 29.5 Å². The van der Waals surface area contributed by atoms with Crippen LogP contribution >= 0.6 is 15.9 Å². The third-order valence-corrected chi connectivity index (χ3v) is 3.37. The number of methoxy groups -OCH3 is 1. The summed E-state index contributed by atoms with van der Waals surface area (Å²) in [7, 11) is 1.64. The summed E-state index contributed by atoms with van der Waals surface area (Å²) >= 11 is 3.39. The Morgan fingerprint density at radius 1 is 1.33 bits per heavy atom. The van der Waals surface area contributed by atoms with E-state index in [0.717, 1.165) is 36.2 Å². The fourth-order valence-electron chi connectivity index (χ4n) is 1.74. The van der Waals surface area contributed by atoms with E-state index in [0.29, 0.717) is 6.42 Å². The summed E-state index contributed by atoms with van der Waals surface area (Å²) in [6.07, 6.45) is 1.45. The van der Waals surface area contributed by atoms with Crippen molar-refractivity contribution in [2.24, 2.45) is 0 Å². The molecule has 0 aliphatic heterocycles. The number of nitrogens with zero attached hydrogens (tertiary/aromatic N) is 1. The van der Waals surface area contributed by atoms with Crippen LogP contribution in [0.4, 0.5) is 0 Å². The zero-order valence-corrected chi connectivity index (χ0v) is 12.6. The molecule has 0 bridgehead atoms. The standard InChI is InChI=1S/C14H20BrNO2/c1-3-16(10-4-9-15)14(17)11-12-5-7-13(18-2)8-6-12/h5-8H,3-4,9-11H2,1-2H3. The molecule has 1 aromatic carbocycles. The molecule has 100 valence electrons. The number of hydrogen-bond donors (Lipinski definition) is 0. The van der Waals surface area contributed by atoms with Gasteiger partial charge in [-0.2, -0.15) is 0 Å². The van der Waals surface area contributed by atoms with Crippen molar-refractivity contribution in [1.82, 2.24) is 4.90 Å². The van der Waals surface area contributed by atoms with Crippen molar-refractivity contribution < 1.29 is 9.53 Å². The molecule has 0 aromatic heterocycles. The Balaban J connectivity index is 2.55. The lowest BCUT2D eigenvalue weighted by molar-refractivity contribution is -0.130. The SMILES string of the molecule is CCN(CCCBr)C(=O)Cc1ccc(OC)cc1. The minimum atomic E-state index is 0.184. The molecule has 1 rings (SSSR count). The molecule has 1 amide bonds. The molecule has 0 saturated heterocycles. The van der Waals surface area contributed by atoms with E-state index in [-0.39, 0.29) is 5.91 Å². The average Bonchev–Trinajstić information content (AvgIpc) is 2.40. The predicted octanol–water partition coefficient (Wildman–Crippen LogP) is 2.87. The molecule has 0 saturated carbocycles. The normalized spacial score (nSPS) is 10.2. The van der Waals surface area contributed by atoms with Gasteiger partial charge in [-0.25, -0.2) is 0 Å². The summed E-state index contributed by atoms with van der Waals surface area (Å²) in [4.78, 5) is 14.0. The first kappa shape index (κ1) is 15.0. The third-order valence-electron chi connectivity index (χ3n) is 2.81. The number of ether oxygens (including phenoxy) is 1. The Hall–Kier alpha value is -1.03. The van der Waals surface area contributed by atoms with E-state index < -0.39 is 0 Å². The highest BCUT2D eigenvalue weighted by molar-refractivity contribution is 9.09. The molecule has 4 heteroatoms. The van der Waals surface area contributed by atoms with Crippen molar-refractivity contribution in [1.29, 1.82) is 0 Å². The lowest BCUT2D eigenvalue weighted by atomic mass is 10.1. The number of likely N-dealkylation sites (N-methyl/N-ethyl adjacent to an activating group) is 1. The number of carbonyl (C=O) groups excluding carboxylic acids is 1. The number of rotatable bonds is 7. The van der Waals surface area contributed by atoms with Gasteiger partial charge in [0.15, 0.2) is 0 Å². The Morgan fingerprint density at radius 2 is 2.00 bits per heavy atom. The lowest BCUT2D eigenvalue weighted by Crippen LogP contribution is -2.33. The Kier molecular flexibility index (Phi) is 6.80. The van der Waals surface area contributed by atoms with Crippen molar-refractivity contribution in [3.63, 3.8) is 0 Å². The first-order chi connectivity index (χ1) is 8.71. The first-order valence-electron chi connectivity index (χ1n) is 6.18. The van der Waals surface area contributed by atoms with Crippen LogP contribution in [-0.2, 0) is 11.2 Å². The highest BCUT2D eigenvalue weighted by Crippen LogP contribution is 2.12. The fourth-order valence-corrected chi connectivity index (χ4v) is 1.99. The van der Waals surface area contributed by atoms with Crippen molar-refractivity contribution in [3.05, 3.63) is 29.8 Å². The van der Waals surface area contributed by atoms with Gasteiger partial charge in [0, 0.05) is 18.4 Å².